The third kappa shape index (κ3) is 12.3. The third-order valence-electron chi connectivity index (χ3n) is 27.9. The number of nitrogens with zero attached hydrogens (tertiary/aromatic N) is 4. The summed E-state index contributed by atoms with van der Waals surface area (Å²) < 4.78 is 5.12. The number of anilines is 6. The van der Waals surface area contributed by atoms with Crippen molar-refractivity contribution in [3.63, 3.8) is 0 Å². The summed E-state index contributed by atoms with van der Waals surface area (Å²) >= 11 is 0. The van der Waals surface area contributed by atoms with Crippen molar-refractivity contribution < 1.29 is 0 Å². The highest BCUT2D eigenvalue weighted by molar-refractivity contribution is 7.00. The largest absolute Gasteiger partial charge is 0.311 e. The molecular weight excluding hydrogens is 1440 g/mol. The van der Waals surface area contributed by atoms with Crippen molar-refractivity contribution in [3.8, 4) is 78.1 Å². The fraction of sp³-hybridized carbons (Fsp3) is 0.211. The molecule has 4 aliphatic rings. The average molecular weight is 1540 g/mol. The maximum absolute atomic E-state index is 2.66. The van der Waals surface area contributed by atoms with Gasteiger partial charge >= 0.3 is 0 Å². The van der Waals surface area contributed by atoms with Crippen LogP contribution in [0.3, 0.4) is 0 Å². The van der Waals surface area contributed by atoms with Crippen molar-refractivity contribution in [1.29, 1.82) is 0 Å². The first-order valence-corrected chi connectivity index (χ1v) is 43.2. The molecule has 0 N–H and O–H groups in total. The van der Waals surface area contributed by atoms with Crippen LogP contribution in [0.1, 0.15) is 156 Å². The van der Waals surface area contributed by atoms with E-state index in [9.17, 15) is 0 Å². The Morgan fingerprint density at radius 3 is 1.00 bits per heavy atom. The van der Waals surface area contributed by atoms with Crippen LogP contribution < -0.4 is 26.2 Å². The van der Waals surface area contributed by atoms with Crippen molar-refractivity contribution in [3.05, 3.63) is 355 Å². The Kier molecular flexibility index (Phi) is 16.9. The van der Waals surface area contributed by atoms with Gasteiger partial charge in [-0.3, -0.25) is 0 Å². The Labute approximate surface area is 703 Å². The Balaban J connectivity index is 0.861. The van der Waals surface area contributed by atoms with Gasteiger partial charge in [-0.2, -0.15) is 0 Å². The summed E-state index contributed by atoms with van der Waals surface area (Å²) in [5.74, 6) is 0. The van der Waals surface area contributed by atoms with E-state index in [1.54, 1.807) is 0 Å². The van der Waals surface area contributed by atoms with E-state index in [1.165, 1.54) is 156 Å². The first-order valence-electron chi connectivity index (χ1n) is 43.2. The summed E-state index contributed by atoms with van der Waals surface area (Å²) in [6, 6.07) is 125. The number of aromatic nitrogens is 2. The summed E-state index contributed by atoms with van der Waals surface area (Å²) in [4.78, 5) is 5.32. The zero-order chi connectivity index (χ0) is 81.6. The van der Waals surface area contributed by atoms with Crippen LogP contribution in [0.4, 0.5) is 34.1 Å². The molecule has 0 spiro atoms. The Bertz CT molecular complexity index is 6840. The van der Waals surface area contributed by atoms with Crippen molar-refractivity contribution in [2.45, 2.75) is 155 Å². The molecule has 2 aliphatic carbocycles. The van der Waals surface area contributed by atoms with Crippen molar-refractivity contribution in [1.82, 2.24) is 9.13 Å². The summed E-state index contributed by atoms with van der Waals surface area (Å²) in [5.41, 5.74) is 40.5. The first kappa shape index (κ1) is 74.1. The lowest BCUT2D eigenvalue weighted by Crippen LogP contribution is -2.61. The molecule has 21 rings (SSSR count). The molecule has 5 heteroatoms. The minimum atomic E-state index is -0.211. The molecule has 0 bridgehead atoms. The van der Waals surface area contributed by atoms with Crippen molar-refractivity contribution >= 4 is 101 Å². The van der Waals surface area contributed by atoms with Gasteiger partial charge in [-0.1, -0.05) is 321 Å². The van der Waals surface area contributed by atoms with E-state index in [0.29, 0.717) is 0 Å². The van der Waals surface area contributed by atoms with Crippen LogP contribution in [0, 0.1) is 0 Å². The van der Waals surface area contributed by atoms with E-state index in [1.807, 2.05) is 0 Å². The minimum Gasteiger partial charge on any atom is -0.311 e. The normalized spacial score (nSPS) is 15.6. The molecule has 0 saturated heterocycles. The number of rotatable bonds is 10. The molecule has 4 nitrogen and oxygen atoms in total. The van der Waals surface area contributed by atoms with Crippen molar-refractivity contribution in [2.24, 2.45) is 0 Å². The third-order valence-corrected chi connectivity index (χ3v) is 27.9. The van der Waals surface area contributed by atoms with E-state index in [0.717, 1.165) is 74.9 Å². The highest BCUT2D eigenvalue weighted by Crippen LogP contribution is 2.53. The number of hydrogen-bond acceptors (Lipinski definition) is 2. The Hall–Kier alpha value is -12.4. The Morgan fingerprint density at radius 1 is 0.235 bits per heavy atom. The number of benzene rings is 15. The predicted octanol–water partition coefficient (Wildman–Crippen LogP) is 29.3. The summed E-state index contributed by atoms with van der Waals surface area (Å²) in [5, 5.41) is 4.85. The summed E-state index contributed by atoms with van der Waals surface area (Å²) in [6.07, 6.45) is 4.66. The van der Waals surface area contributed by atoms with Crippen molar-refractivity contribution in [2.75, 3.05) is 9.80 Å². The molecule has 15 aromatic carbocycles. The van der Waals surface area contributed by atoms with Gasteiger partial charge in [0, 0.05) is 61.4 Å². The monoisotopic (exact) mass is 1540 g/mol. The van der Waals surface area contributed by atoms with Crippen LogP contribution in [0.2, 0.25) is 0 Å². The molecule has 582 valence electrons. The SMILES string of the molecule is CC(C)(C)c1cc(-c2ccc3c(c2)N(c2ccc(-c4ccc5c(c4)C(C)(C)CCC5(C)C)cc2)c2cc(-n4c5ccc(-c6ccccc6)cc5c5cc(-c6ccccc6)ccc54)cc4c2B3c2ccc(-n3c5ccccc5c5cc(-c6ccccc6)ccc53)cc2N4c2ccc(-c3ccc4c(c3)C(C)(C)CCC4(C)C)cc2)cc(C(C)(C)C)c1. The second kappa shape index (κ2) is 27.1. The smallest absolute Gasteiger partial charge is 0.252 e. The maximum atomic E-state index is 2.66. The molecule has 0 saturated carbocycles. The molecule has 4 heterocycles. The van der Waals surface area contributed by atoms with Gasteiger partial charge in [0.2, 0.25) is 0 Å². The van der Waals surface area contributed by atoms with E-state index < -0.39 is 0 Å². The molecule has 2 aliphatic heterocycles. The number of para-hydroxylation sites is 1. The fourth-order valence-corrected chi connectivity index (χ4v) is 20.8. The van der Waals surface area contributed by atoms with E-state index in [4.69, 9.17) is 0 Å². The first-order chi connectivity index (χ1) is 57.2. The highest BCUT2D eigenvalue weighted by atomic mass is 15.2. The molecule has 0 amide bonds. The average Bonchev–Trinajstić information content (AvgIpc) is 1.39. The van der Waals surface area contributed by atoms with Crippen LogP contribution >= 0.6 is 0 Å². The van der Waals surface area contributed by atoms with E-state index in [-0.39, 0.29) is 39.2 Å². The van der Waals surface area contributed by atoms with Gasteiger partial charge < -0.3 is 18.9 Å². The van der Waals surface area contributed by atoms with Gasteiger partial charge in [0.15, 0.2) is 0 Å². The van der Waals surface area contributed by atoms with Crippen LogP contribution in [0.5, 0.6) is 0 Å². The van der Waals surface area contributed by atoms with Gasteiger partial charge in [0.05, 0.1) is 27.8 Å². The standard InChI is InChI=1S/C114H103BN4/c1-109(2,3)84-60-83(61-85(68-84)110(4,5)6)82-40-51-98-104(67-82)116(86-44-34-75(35-45-86)80-38-49-94-96(65-80)113(11,12)58-56-111(94,7)8)106-70-89(119-102-54-42-78(73-28-20-16-21-29-73)63-92(102)93-64-79(43-55-103(93)119)74-30-22-17-23-31-74)71-107-108(106)115(98)99-52-48-88(118-100-33-25-24-32-90(100)91-62-77(41-53-101(91)118)72-26-18-15-19-27-72)69-105(99)117(107)87-46-36-76(37-47-87)81-39-50-95-97(66-81)114(13,14)59-57-112(95,9)10/h15-55,60-71H,56-59H2,1-14H3. The highest BCUT2D eigenvalue weighted by Gasteiger charge is 2.46. The fourth-order valence-electron chi connectivity index (χ4n) is 20.8. The zero-order valence-corrected chi connectivity index (χ0v) is 71.3. The van der Waals surface area contributed by atoms with Gasteiger partial charge in [-0.15, -0.1) is 0 Å². The molecule has 0 unspecified atom stereocenters. The molecule has 0 radical (unpaired) electrons. The van der Waals surface area contributed by atoms with Crippen LogP contribution in [0.15, 0.2) is 322 Å². The van der Waals surface area contributed by atoms with Gasteiger partial charge in [-0.05, 0) is 272 Å². The lowest BCUT2D eigenvalue weighted by atomic mass is 9.33. The van der Waals surface area contributed by atoms with Crippen LogP contribution in [-0.4, -0.2) is 15.8 Å². The number of fused-ring (bicyclic) bond motifs is 12. The molecule has 0 fully saturated rings. The van der Waals surface area contributed by atoms with E-state index in [2.05, 4.69) is 437 Å². The molecule has 17 aromatic rings. The van der Waals surface area contributed by atoms with Crippen LogP contribution in [-0.2, 0) is 32.5 Å². The Morgan fingerprint density at radius 2 is 0.555 bits per heavy atom. The lowest BCUT2D eigenvalue weighted by Gasteiger charge is -2.45. The van der Waals surface area contributed by atoms with Gasteiger partial charge in [0.25, 0.3) is 6.71 Å². The molecular formula is C114H103BN4. The van der Waals surface area contributed by atoms with Gasteiger partial charge in [-0.25, -0.2) is 0 Å². The van der Waals surface area contributed by atoms with Crippen LogP contribution in [0.25, 0.3) is 122 Å². The summed E-state index contributed by atoms with van der Waals surface area (Å²) in [6.45, 7) is 33.5. The topological polar surface area (TPSA) is 16.3 Å². The minimum absolute atomic E-state index is 0.0573. The lowest BCUT2D eigenvalue weighted by molar-refractivity contribution is 0.332. The predicted molar refractivity (Wildman–Crippen MR) is 510 cm³/mol. The second-order valence-electron chi connectivity index (χ2n) is 39.4. The summed E-state index contributed by atoms with van der Waals surface area (Å²) in [7, 11) is 0. The molecule has 119 heavy (non-hydrogen) atoms. The zero-order valence-electron chi connectivity index (χ0n) is 71.3. The molecule has 2 aromatic heterocycles. The maximum Gasteiger partial charge on any atom is 0.252 e. The van der Waals surface area contributed by atoms with E-state index >= 15 is 0 Å². The van der Waals surface area contributed by atoms with Gasteiger partial charge in [0.1, 0.15) is 0 Å². The second-order valence-corrected chi connectivity index (χ2v) is 39.4. The molecule has 0 atom stereocenters. The number of hydrogen-bond donors (Lipinski definition) is 0. The quantitative estimate of drug-likeness (QED) is 0.127.